The van der Waals surface area contributed by atoms with Gasteiger partial charge in [0.1, 0.15) is 6.54 Å². The normalized spacial score (nSPS) is 11.4. The highest BCUT2D eigenvalue weighted by molar-refractivity contribution is 7.92. The summed E-state index contributed by atoms with van der Waals surface area (Å²) >= 11 is 0. The predicted octanol–water partition coefficient (Wildman–Crippen LogP) is 4.82. The Labute approximate surface area is 212 Å². The second kappa shape index (κ2) is 10.8. The van der Waals surface area contributed by atoms with Crippen molar-refractivity contribution in [1.29, 1.82) is 0 Å². The van der Waals surface area contributed by atoms with Crippen LogP contribution < -0.4 is 9.62 Å². The Kier molecular flexibility index (Phi) is 7.55. The molecular formula is C28H30N4O3S. The number of benzene rings is 3. The van der Waals surface area contributed by atoms with Gasteiger partial charge in [-0.15, -0.1) is 0 Å². The minimum atomic E-state index is -3.97. The molecule has 3 aromatic carbocycles. The van der Waals surface area contributed by atoms with Crippen molar-refractivity contribution in [3.63, 3.8) is 0 Å². The minimum absolute atomic E-state index is 0.138. The number of anilines is 1. The Balaban J connectivity index is 1.59. The molecule has 7 nitrogen and oxygen atoms in total. The summed E-state index contributed by atoms with van der Waals surface area (Å²) in [5.41, 5.74) is 4.26. The number of aryl methyl sites for hydroxylation is 1. The highest BCUT2D eigenvalue weighted by Crippen LogP contribution is 2.26. The van der Waals surface area contributed by atoms with Gasteiger partial charge in [-0.25, -0.2) is 13.4 Å². The molecule has 8 heteroatoms. The van der Waals surface area contributed by atoms with E-state index in [1.54, 1.807) is 48.9 Å². The third kappa shape index (κ3) is 5.66. The number of carbonyl (C=O) groups excluding carboxylic acids is 1. The third-order valence-corrected chi connectivity index (χ3v) is 7.78. The van der Waals surface area contributed by atoms with Crippen LogP contribution in [0.1, 0.15) is 36.5 Å². The highest BCUT2D eigenvalue weighted by atomic mass is 32.2. The van der Waals surface area contributed by atoms with Gasteiger partial charge in [0.15, 0.2) is 0 Å². The Hall–Kier alpha value is -3.91. The number of carbonyl (C=O) groups is 1. The predicted molar refractivity (Wildman–Crippen MR) is 142 cm³/mol. The van der Waals surface area contributed by atoms with Crippen molar-refractivity contribution in [1.82, 2.24) is 14.9 Å². The molecule has 4 aromatic rings. The van der Waals surface area contributed by atoms with E-state index in [0.717, 1.165) is 22.4 Å². The SMILES string of the molecule is Cc1ccc(S(=O)(=O)N(CC(=O)NCc2ccccc2-n2ccnc2)c2ccc(C(C)C)cc2)cc1. The zero-order valence-corrected chi connectivity index (χ0v) is 21.4. The summed E-state index contributed by atoms with van der Waals surface area (Å²) in [6, 6.07) is 21.6. The molecule has 0 unspecified atom stereocenters. The van der Waals surface area contributed by atoms with E-state index in [0.29, 0.717) is 11.6 Å². The fraction of sp³-hybridized carbons (Fsp3) is 0.214. The average Bonchev–Trinajstić information content (AvgIpc) is 3.41. The number of hydrogen-bond donors (Lipinski definition) is 1. The number of imidazole rings is 1. The lowest BCUT2D eigenvalue weighted by Crippen LogP contribution is -2.40. The van der Waals surface area contributed by atoms with Gasteiger partial charge in [-0.1, -0.05) is 61.9 Å². The molecule has 1 amide bonds. The zero-order valence-electron chi connectivity index (χ0n) is 20.6. The van der Waals surface area contributed by atoms with E-state index in [9.17, 15) is 13.2 Å². The molecule has 0 fully saturated rings. The van der Waals surface area contributed by atoms with Crippen molar-refractivity contribution in [2.75, 3.05) is 10.8 Å². The summed E-state index contributed by atoms with van der Waals surface area (Å²) in [6.45, 7) is 5.95. The van der Waals surface area contributed by atoms with Gasteiger partial charge in [0.25, 0.3) is 10.0 Å². The maximum atomic E-state index is 13.6. The van der Waals surface area contributed by atoms with Crippen LogP contribution >= 0.6 is 0 Å². The van der Waals surface area contributed by atoms with Gasteiger partial charge in [0.05, 0.1) is 22.6 Å². The second-order valence-electron chi connectivity index (χ2n) is 8.95. The molecule has 0 aliphatic heterocycles. The number of para-hydroxylation sites is 1. The van der Waals surface area contributed by atoms with E-state index in [2.05, 4.69) is 24.1 Å². The number of amides is 1. The zero-order chi connectivity index (χ0) is 25.7. The van der Waals surface area contributed by atoms with Crippen molar-refractivity contribution < 1.29 is 13.2 Å². The van der Waals surface area contributed by atoms with Crippen molar-refractivity contribution >= 4 is 21.6 Å². The molecule has 36 heavy (non-hydrogen) atoms. The fourth-order valence-corrected chi connectivity index (χ4v) is 5.29. The first-order chi connectivity index (χ1) is 17.3. The van der Waals surface area contributed by atoms with Crippen molar-refractivity contribution in [3.8, 4) is 5.69 Å². The topological polar surface area (TPSA) is 84.3 Å². The Morgan fingerprint density at radius 3 is 2.33 bits per heavy atom. The molecule has 0 radical (unpaired) electrons. The van der Waals surface area contributed by atoms with E-state index in [4.69, 9.17) is 0 Å². The molecule has 0 aliphatic carbocycles. The smallest absolute Gasteiger partial charge is 0.264 e. The summed E-state index contributed by atoms with van der Waals surface area (Å²) in [7, 11) is -3.97. The molecule has 0 saturated heterocycles. The first-order valence-corrected chi connectivity index (χ1v) is 13.2. The highest BCUT2D eigenvalue weighted by Gasteiger charge is 2.27. The largest absolute Gasteiger partial charge is 0.350 e. The van der Waals surface area contributed by atoms with E-state index in [1.807, 2.05) is 54.1 Å². The fourth-order valence-electron chi connectivity index (χ4n) is 3.87. The first kappa shape index (κ1) is 25.2. The van der Waals surface area contributed by atoms with Crippen LogP contribution in [0.3, 0.4) is 0 Å². The lowest BCUT2D eigenvalue weighted by Gasteiger charge is -2.25. The van der Waals surface area contributed by atoms with Crippen LogP contribution in [0.5, 0.6) is 0 Å². The van der Waals surface area contributed by atoms with E-state index in [1.165, 1.54) is 4.31 Å². The molecule has 0 aliphatic rings. The molecule has 0 atom stereocenters. The van der Waals surface area contributed by atoms with Crippen LogP contribution in [0.2, 0.25) is 0 Å². The number of nitrogens with one attached hydrogen (secondary N) is 1. The monoisotopic (exact) mass is 502 g/mol. The van der Waals surface area contributed by atoms with Crippen LogP contribution in [0.15, 0.2) is 96.4 Å². The molecule has 0 spiro atoms. The van der Waals surface area contributed by atoms with Gasteiger partial charge in [-0.05, 0) is 54.3 Å². The van der Waals surface area contributed by atoms with Gasteiger partial charge in [0.2, 0.25) is 5.91 Å². The van der Waals surface area contributed by atoms with Gasteiger partial charge in [-0.3, -0.25) is 9.10 Å². The summed E-state index contributed by atoms with van der Waals surface area (Å²) in [5.74, 6) is -0.0980. The van der Waals surface area contributed by atoms with Crippen LogP contribution in [0, 0.1) is 6.92 Å². The van der Waals surface area contributed by atoms with Gasteiger partial charge < -0.3 is 9.88 Å². The molecular weight excluding hydrogens is 472 g/mol. The summed E-state index contributed by atoms with van der Waals surface area (Å²) < 4.78 is 30.3. The standard InChI is InChI=1S/C28H30N4O3S/c1-21(2)23-10-12-25(13-11-23)32(36(34,35)26-14-8-22(3)9-15-26)19-28(33)30-18-24-6-4-5-7-27(24)31-17-16-29-20-31/h4-17,20-21H,18-19H2,1-3H3,(H,30,33). The van der Waals surface area contributed by atoms with Crippen LogP contribution in [-0.4, -0.2) is 30.4 Å². The number of nitrogens with zero attached hydrogens (tertiary/aromatic N) is 3. The summed E-state index contributed by atoms with van der Waals surface area (Å²) in [5, 5.41) is 2.89. The molecule has 1 aromatic heterocycles. The number of aromatic nitrogens is 2. The minimum Gasteiger partial charge on any atom is -0.350 e. The summed E-state index contributed by atoms with van der Waals surface area (Å²) in [4.78, 5) is 17.3. The van der Waals surface area contributed by atoms with E-state index in [-0.39, 0.29) is 18.0 Å². The second-order valence-corrected chi connectivity index (χ2v) is 10.8. The third-order valence-electron chi connectivity index (χ3n) is 5.99. The van der Waals surface area contributed by atoms with E-state index >= 15 is 0 Å². The van der Waals surface area contributed by atoms with Crippen LogP contribution in [0.25, 0.3) is 5.69 Å². The van der Waals surface area contributed by atoms with Crippen LogP contribution in [-0.2, 0) is 21.4 Å². The molecule has 0 bridgehead atoms. The first-order valence-electron chi connectivity index (χ1n) is 11.8. The lowest BCUT2D eigenvalue weighted by atomic mass is 10.0. The number of hydrogen-bond acceptors (Lipinski definition) is 4. The molecule has 0 saturated carbocycles. The Morgan fingerprint density at radius 1 is 1.00 bits per heavy atom. The van der Waals surface area contributed by atoms with Gasteiger partial charge in [0, 0.05) is 18.9 Å². The maximum Gasteiger partial charge on any atom is 0.264 e. The molecule has 4 rings (SSSR count). The van der Waals surface area contributed by atoms with Gasteiger partial charge >= 0.3 is 0 Å². The maximum absolute atomic E-state index is 13.6. The number of rotatable bonds is 9. The summed E-state index contributed by atoms with van der Waals surface area (Å²) in [6.07, 6.45) is 5.21. The van der Waals surface area contributed by atoms with Crippen molar-refractivity contribution in [3.05, 3.63) is 108 Å². The Morgan fingerprint density at radius 2 is 1.69 bits per heavy atom. The molecule has 186 valence electrons. The van der Waals surface area contributed by atoms with Gasteiger partial charge in [-0.2, -0.15) is 0 Å². The van der Waals surface area contributed by atoms with Crippen molar-refractivity contribution in [2.45, 2.75) is 38.1 Å². The molecule has 1 heterocycles. The quantitative estimate of drug-likeness (QED) is 0.356. The van der Waals surface area contributed by atoms with Crippen LogP contribution in [0.4, 0.5) is 5.69 Å². The van der Waals surface area contributed by atoms with Crippen molar-refractivity contribution in [2.24, 2.45) is 0 Å². The van der Waals surface area contributed by atoms with E-state index < -0.39 is 15.9 Å². The average molecular weight is 503 g/mol. The Bertz CT molecular complexity index is 1410. The molecule has 1 N–H and O–H groups in total. The number of sulfonamides is 1. The lowest BCUT2D eigenvalue weighted by molar-refractivity contribution is -0.119.